The maximum absolute atomic E-state index is 7.01. The molecule has 0 aliphatic heterocycles. The van der Waals surface area contributed by atoms with E-state index in [2.05, 4.69) is 9.83 Å². The van der Waals surface area contributed by atoms with E-state index in [1.165, 1.54) is 0 Å². The topological polar surface area (TPSA) is 29.7 Å². The molecule has 15 heavy (non-hydrogen) atoms. The Morgan fingerprint density at radius 3 is 2.93 bits per heavy atom. The highest BCUT2D eigenvalue weighted by Gasteiger charge is 2.09. The Bertz CT molecular complexity index is 375. The normalized spacial score (nSPS) is 9.73. The van der Waals surface area contributed by atoms with Crippen molar-refractivity contribution in [3.05, 3.63) is 28.7 Å². The van der Waals surface area contributed by atoms with Crippen LogP contribution in [0.2, 0.25) is 5.15 Å². The third-order valence-corrected chi connectivity index (χ3v) is 2.14. The van der Waals surface area contributed by atoms with Gasteiger partial charge in [0.1, 0.15) is 11.0 Å². The Hall–Kier alpha value is -1.31. The fourth-order valence-corrected chi connectivity index (χ4v) is 1.26. The molecule has 5 heteroatoms. The lowest BCUT2D eigenvalue weighted by atomic mass is 10.3. The molecule has 0 aromatic carbocycles. The second-order valence-corrected chi connectivity index (χ2v) is 3.39. The predicted octanol–water partition coefficient (Wildman–Crippen LogP) is 2.37. The summed E-state index contributed by atoms with van der Waals surface area (Å²) in [6, 6.07) is 3.28. The van der Waals surface area contributed by atoms with Crippen LogP contribution in [0, 0.1) is 6.57 Å². The highest BCUT2D eigenvalue weighted by atomic mass is 35.5. The number of ether oxygens (including phenoxy) is 1. The molecule has 0 saturated carbocycles. The molecular weight excluding hydrogens is 214 g/mol. The van der Waals surface area contributed by atoms with E-state index in [1.54, 1.807) is 19.2 Å². The number of aromatic nitrogens is 1. The first-order valence-corrected chi connectivity index (χ1v) is 4.81. The summed E-state index contributed by atoms with van der Waals surface area (Å²) in [5.41, 5.74) is 0.498. The molecule has 0 N–H and O–H groups in total. The van der Waals surface area contributed by atoms with Crippen LogP contribution >= 0.6 is 11.6 Å². The first kappa shape index (κ1) is 11.8. The van der Waals surface area contributed by atoms with Crippen molar-refractivity contribution in [2.45, 2.75) is 0 Å². The minimum atomic E-state index is 0.390. The van der Waals surface area contributed by atoms with Gasteiger partial charge in [0.25, 0.3) is 0 Å². The summed E-state index contributed by atoms with van der Waals surface area (Å²) in [4.78, 5) is 9.36. The van der Waals surface area contributed by atoms with Crippen molar-refractivity contribution < 1.29 is 4.74 Å². The molecule has 0 radical (unpaired) electrons. The molecule has 1 rings (SSSR count). The molecule has 0 fully saturated rings. The number of anilines is 1. The van der Waals surface area contributed by atoms with E-state index in [1.807, 2.05) is 11.9 Å². The Morgan fingerprint density at radius 2 is 2.33 bits per heavy atom. The van der Waals surface area contributed by atoms with Crippen LogP contribution in [0.3, 0.4) is 0 Å². The third-order valence-electron chi connectivity index (χ3n) is 1.93. The molecule has 0 aliphatic rings. The van der Waals surface area contributed by atoms with Gasteiger partial charge in [0.2, 0.25) is 5.69 Å². The lowest BCUT2D eigenvalue weighted by Crippen LogP contribution is -2.23. The van der Waals surface area contributed by atoms with Crippen molar-refractivity contribution in [3.8, 4) is 0 Å². The first-order valence-electron chi connectivity index (χ1n) is 4.43. The van der Waals surface area contributed by atoms with Gasteiger partial charge in [0, 0.05) is 20.7 Å². The average Bonchev–Trinajstić information content (AvgIpc) is 2.25. The van der Waals surface area contributed by atoms with Crippen LogP contribution in [0.25, 0.3) is 4.85 Å². The van der Waals surface area contributed by atoms with Crippen molar-refractivity contribution in [1.82, 2.24) is 4.98 Å². The second-order valence-electron chi connectivity index (χ2n) is 3.00. The second kappa shape index (κ2) is 5.54. The van der Waals surface area contributed by atoms with Gasteiger partial charge in [-0.1, -0.05) is 11.6 Å². The molecule has 80 valence electrons. The largest absolute Gasteiger partial charge is 0.383 e. The monoisotopic (exact) mass is 225 g/mol. The lowest BCUT2D eigenvalue weighted by molar-refractivity contribution is 0.206. The fourth-order valence-electron chi connectivity index (χ4n) is 1.12. The number of hydrogen-bond acceptors (Lipinski definition) is 3. The van der Waals surface area contributed by atoms with Gasteiger partial charge in [-0.05, 0) is 12.1 Å². The van der Waals surface area contributed by atoms with E-state index in [4.69, 9.17) is 22.9 Å². The van der Waals surface area contributed by atoms with E-state index in [0.29, 0.717) is 29.8 Å². The Morgan fingerprint density at radius 1 is 1.60 bits per heavy atom. The number of pyridine rings is 1. The summed E-state index contributed by atoms with van der Waals surface area (Å²) in [6.07, 6.45) is 0. The maximum Gasteiger partial charge on any atom is 0.228 e. The van der Waals surface area contributed by atoms with Gasteiger partial charge in [-0.2, -0.15) is 0 Å². The van der Waals surface area contributed by atoms with Crippen LogP contribution in [0.5, 0.6) is 0 Å². The highest BCUT2D eigenvalue weighted by molar-refractivity contribution is 6.29. The predicted molar refractivity (Wildman–Crippen MR) is 60.7 cm³/mol. The lowest BCUT2D eigenvalue weighted by Gasteiger charge is -2.18. The molecule has 0 unspecified atom stereocenters. The number of hydrogen-bond donors (Lipinski definition) is 0. The summed E-state index contributed by atoms with van der Waals surface area (Å²) < 4.78 is 4.96. The molecule has 0 saturated heterocycles. The van der Waals surface area contributed by atoms with Crippen molar-refractivity contribution in [2.24, 2.45) is 0 Å². The number of nitrogens with zero attached hydrogens (tertiary/aromatic N) is 3. The number of likely N-dealkylation sites (N-methyl/N-ethyl adjacent to an activating group) is 1. The zero-order valence-corrected chi connectivity index (χ0v) is 9.45. The van der Waals surface area contributed by atoms with Gasteiger partial charge < -0.3 is 9.64 Å². The van der Waals surface area contributed by atoms with Crippen molar-refractivity contribution in [3.63, 3.8) is 0 Å². The maximum atomic E-state index is 7.01. The summed E-state index contributed by atoms with van der Waals surface area (Å²) in [6.45, 7) is 8.27. The van der Waals surface area contributed by atoms with E-state index < -0.39 is 0 Å². The molecule has 1 aromatic heterocycles. The Kier molecular flexibility index (Phi) is 4.35. The van der Waals surface area contributed by atoms with E-state index in [0.717, 1.165) is 0 Å². The van der Waals surface area contributed by atoms with Crippen LogP contribution in [-0.4, -0.2) is 32.3 Å². The van der Waals surface area contributed by atoms with E-state index >= 15 is 0 Å². The summed E-state index contributed by atoms with van der Waals surface area (Å²) >= 11 is 5.78. The molecular formula is C10H12ClN3O. The molecule has 4 nitrogen and oxygen atoms in total. The zero-order chi connectivity index (χ0) is 11.3. The van der Waals surface area contributed by atoms with Gasteiger partial charge in [0.05, 0.1) is 13.2 Å². The smallest absolute Gasteiger partial charge is 0.228 e. The molecule has 0 aliphatic carbocycles. The Labute approximate surface area is 94.3 Å². The van der Waals surface area contributed by atoms with Crippen LogP contribution in [0.15, 0.2) is 12.1 Å². The summed E-state index contributed by atoms with van der Waals surface area (Å²) in [7, 11) is 3.49. The molecule has 0 atom stereocenters. The molecule has 0 amide bonds. The average molecular weight is 226 g/mol. The number of rotatable bonds is 4. The zero-order valence-electron chi connectivity index (χ0n) is 8.70. The van der Waals surface area contributed by atoms with Crippen molar-refractivity contribution >= 4 is 23.1 Å². The minimum Gasteiger partial charge on any atom is -0.383 e. The SMILES string of the molecule is [C-]#[N+]c1ccc(Cl)nc1N(C)CCOC. The molecule has 0 spiro atoms. The summed E-state index contributed by atoms with van der Waals surface area (Å²) in [5.74, 6) is 0.592. The van der Waals surface area contributed by atoms with Crippen molar-refractivity contribution in [2.75, 3.05) is 32.2 Å². The van der Waals surface area contributed by atoms with Crippen LogP contribution < -0.4 is 4.90 Å². The summed E-state index contributed by atoms with van der Waals surface area (Å²) in [5, 5.41) is 0.390. The van der Waals surface area contributed by atoms with Gasteiger partial charge in [0.15, 0.2) is 0 Å². The van der Waals surface area contributed by atoms with Crippen molar-refractivity contribution in [1.29, 1.82) is 0 Å². The third kappa shape index (κ3) is 3.08. The van der Waals surface area contributed by atoms with E-state index in [9.17, 15) is 0 Å². The van der Waals surface area contributed by atoms with Gasteiger partial charge in [-0.15, -0.1) is 0 Å². The first-order chi connectivity index (χ1) is 7.19. The molecule has 1 aromatic rings. The number of halogens is 1. The minimum absolute atomic E-state index is 0.390. The quantitative estimate of drug-likeness (QED) is 0.582. The standard InChI is InChI=1S/C10H12ClN3O/c1-12-8-4-5-9(11)13-10(8)14(2)6-7-15-3/h4-5H,6-7H2,2-3H3. The highest BCUT2D eigenvalue weighted by Crippen LogP contribution is 2.27. The molecule has 0 bridgehead atoms. The van der Waals surface area contributed by atoms with Gasteiger partial charge >= 0.3 is 0 Å². The number of methoxy groups -OCH3 is 1. The van der Waals surface area contributed by atoms with Crippen LogP contribution in [-0.2, 0) is 4.74 Å². The Balaban J connectivity index is 2.91. The van der Waals surface area contributed by atoms with Crippen LogP contribution in [0.1, 0.15) is 0 Å². The van der Waals surface area contributed by atoms with E-state index in [-0.39, 0.29) is 0 Å². The van der Waals surface area contributed by atoms with Gasteiger partial charge in [-0.25, -0.2) is 9.83 Å². The van der Waals surface area contributed by atoms with Gasteiger partial charge in [-0.3, -0.25) is 0 Å². The fraction of sp³-hybridized carbons (Fsp3) is 0.400. The van der Waals surface area contributed by atoms with Crippen LogP contribution in [0.4, 0.5) is 11.5 Å². The molecule has 1 heterocycles.